The number of rotatable bonds is 5. The van der Waals surface area contributed by atoms with Crippen LogP contribution in [0.2, 0.25) is 0 Å². The lowest BCUT2D eigenvalue weighted by Crippen LogP contribution is -2.40. The van der Waals surface area contributed by atoms with Gasteiger partial charge in [0.1, 0.15) is 0 Å². The first-order valence-electron chi connectivity index (χ1n) is 8.05. The van der Waals surface area contributed by atoms with Crippen molar-refractivity contribution >= 4 is 17.5 Å². The van der Waals surface area contributed by atoms with Crippen LogP contribution in [0.15, 0.2) is 48.7 Å². The molecular formula is C19H22N4O2. The van der Waals surface area contributed by atoms with Gasteiger partial charge in [-0.3, -0.25) is 9.59 Å². The number of anilines is 1. The van der Waals surface area contributed by atoms with E-state index in [4.69, 9.17) is 0 Å². The molecule has 2 aromatic rings. The van der Waals surface area contributed by atoms with Gasteiger partial charge < -0.3 is 10.2 Å². The summed E-state index contributed by atoms with van der Waals surface area (Å²) in [6.45, 7) is 10.1. The van der Waals surface area contributed by atoms with Crippen molar-refractivity contribution in [2.75, 3.05) is 18.4 Å². The maximum atomic E-state index is 12.2. The summed E-state index contributed by atoms with van der Waals surface area (Å²) >= 11 is 0. The second-order valence-electron chi connectivity index (χ2n) is 5.83. The van der Waals surface area contributed by atoms with Gasteiger partial charge in [0.25, 0.3) is 0 Å². The molecule has 1 aromatic heterocycles. The van der Waals surface area contributed by atoms with E-state index in [9.17, 15) is 9.59 Å². The molecule has 0 atom stereocenters. The molecule has 0 aliphatic rings. The molecule has 130 valence electrons. The van der Waals surface area contributed by atoms with E-state index in [1.54, 1.807) is 30.5 Å². The average molecular weight is 338 g/mol. The Morgan fingerprint density at radius 2 is 1.88 bits per heavy atom. The summed E-state index contributed by atoms with van der Waals surface area (Å²) in [5.41, 5.74) is 3.09. The zero-order valence-electron chi connectivity index (χ0n) is 14.7. The number of hydrogen-bond acceptors (Lipinski definition) is 4. The molecule has 0 unspecified atom stereocenters. The number of carbonyl (C=O) groups excluding carboxylic acids is 2. The van der Waals surface area contributed by atoms with Crippen LogP contribution in [0, 0.1) is 6.92 Å². The van der Waals surface area contributed by atoms with E-state index in [-0.39, 0.29) is 0 Å². The minimum Gasteiger partial charge on any atom is -0.331 e. The van der Waals surface area contributed by atoms with E-state index in [0.717, 1.165) is 16.8 Å². The van der Waals surface area contributed by atoms with Crippen molar-refractivity contribution < 1.29 is 9.59 Å². The lowest BCUT2D eigenvalue weighted by atomic mass is 10.2. The molecule has 2 rings (SSSR count). The summed E-state index contributed by atoms with van der Waals surface area (Å²) in [6.07, 6.45) is 1.70. The van der Waals surface area contributed by atoms with Gasteiger partial charge in [-0.2, -0.15) is 0 Å². The summed E-state index contributed by atoms with van der Waals surface area (Å²) in [7, 11) is 0. The highest BCUT2D eigenvalue weighted by molar-refractivity contribution is 6.39. The fraction of sp³-hybridized carbons (Fsp3) is 0.263. The fourth-order valence-corrected chi connectivity index (χ4v) is 2.27. The second-order valence-corrected chi connectivity index (χ2v) is 5.83. The molecule has 0 bridgehead atoms. The quantitative estimate of drug-likeness (QED) is 0.672. The third kappa shape index (κ3) is 4.97. The summed E-state index contributed by atoms with van der Waals surface area (Å²) in [5.74, 6) is -0.619. The van der Waals surface area contributed by atoms with Crippen LogP contribution in [0.5, 0.6) is 0 Å². The Morgan fingerprint density at radius 1 is 1.20 bits per heavy atom. The molecule has 1 N–H and O–H groups in total. The summed E-state index contributed by atoms with van der Waals surface area (Å²) in [5, 5.41) is 2.62. The normalized spacial score (nSPS) is 10.2. The SMILES string of the molecule is C=C(C)CN(CC)C(=O)C(=O)Nc1ccc(-c2nccc(C)n2)cc1. The van der Waals surface area contributed by atoms with Crippen molar-refractivity contribution in [1.29, 1.82) is 0 Å². The zero-order valence-corrected chi connectivity index (χ0v) is 14.7. The van der Waals surface area contributed by atoms with E-state index >= 15 is 0 Å². The molecule has 0 spiro atoms. The molecule has 1 heterocycles. The Balaban J connectivity index is 2.06. The highest BCUT2D eigenvalue weighted by Crippen LogP contribution is 2.18. The number of likely N-dealkylation sites (N-methyl/N-ethyl adjacent to an activating group) is 1. The van der Waals surface area contributed by atoms with E-state index in [2.05, 4.69) is 21.9 Å². The topological polar surface area (TPSA) is 75.2 Å². The van der Waals surface area contributed by atoms with Crippen LogP contribution in [0.25, 0.3) is 11.4 Å². The first-order chi connectivity index (χ1) is 11.9. The van der Waals surface area contributed by atoms with Crippen LogP contribution in [-0.4, -0.2) is 39.8 Å². The smallest absolute Gasteiger partial charge is 0.313 e. The van der Waals surface area contributed by atoms with Crippen LogP contribution in [-0.2, 0) is 9.59 Å². The van der Waals surface area contributed by atoms with Crippen LogP contribution in [0.1, 0.15) is 19.5 Å². The van der Waals surface area contributed by atoms with Crippen molar-refractivity contribution in [3.63, 3.8) is 0 Å². The molecule has 0 aliphatic heterocycles. The molecule has 1 aromatic carbocycles. The predicted octanol–water partition coefficient (Wildman–Crippen LogP) is 2.82. The van der Waals surface area contributed by atoms with Crippen molar-refractivity contribution in [2.24, 2.45) is 0 Å². The Bertz CT molecular complexity index is 784. The molecule has 0 fully saturated rings. The second kappa shape index (κ2) is 8.19. The third-order valence-corrected chi connectivity index (χ3v) is 3.52. The van der Waals surface area contributed by atoms with Crippen LogP contribution >= 0.6 is 0 Å². The maximum Gasteiger partial charge on any atom is 0.313 e. The molecule has 0 saturated heterocycles. The van der Waals surface area contributed by atoms with Gasteiger partial charge in [0.15, 0.2) is 5.82 Å². The lowest BCUT2D eigenvalue weighted by molar-refractivity contribution is -0.142. The number of hydrogen-bond donors (Lipinski definition) is 1. The van der Waals surface area contributed by atoms with Gasteiger partial charge in [0.2, 0.25) is 0 Å². The lowest BCUT2D eigenvalue weighted by Gasteiger charge is -2.20. The molecule has 6 heteroatoms. The highest BCUT2D eigenvalue weighted by atomic mass is 16.2. The molecule has 2 amide bonds. The monoisotopic (exact) mass is 338 g/mol. The summed E-state index contributed by atoms with van der Waals surface area (Å²) in [6, 6.07) is 8.89. The Kier molecular flexibility index (Phi) is 6.00. The van der Waals surface area contributed by atoms with Gasteiger partial charge in [0.05, 0.1) is 0 Å². The minimum atomic E-state index is -0.664. The van der Waals surface area contributed by atoms with E-state index in [1.807, 2.05) is 26.8 Å². The average Bonchev–Trinajstić information content (AvgIpc) is 2.59. The number of carbonyl (C=O) groups is 2. The summed E-state index contributed by atoms with van der Waals surface area (Å²) in [4.78, 5) is 34.4. The molecule has 0 saturated carbocycles. The number of nitrogens with zero attached hydrogens (tertiary/aromatic N) is 3. The van der Waals surface area contributed by atoms with E-state index in [1.165, 1.54) is 4.90 Å². The molecule has 0 radical (unpaired) electrons. The Morgan fingerprint density at radius 3 is 2.44 bits per heavy atom. The fourth-order valence-electron chi connectivity index (χ4n) is 2.27. The largest absolute Gasteiger partial charge is 0.331 e. The Hall–Kier alpha value is -3.02. The number of amides is 2. The van der Waals surface area contributed by atoms with Crippen molar-refractivity contribution in [1.82, 2.24) is 14.9 Å². The van der Waals surface area contributed by atoms with Crippen LogP contribution in [0.3, 0.4) is 0 Å². The van der Waals surface area contributed by atoms with Crippen molar-refractivity contribution in [3.05, 3.63) is 54.4 Å². The molecule has 0 aliphatic carbocycles. The number of aromatic nitrogens is 2. The Labute approximate surface area is 147 Å². The van der Waals surface area contributed by atoms with Crippen LogP contribution in [0.4, 0.5) is 5.69 Å². The van der Waals surface area contributed by atoms with Gasteiger partial charge in [-0.15, -0.1) is 0 Å². The highest BCUT2D eigenvalue weighted by Gasteiger charge is 2.20. The first kappa shape index (κ1) is 18.3. The third-order valence-electron chi connectivity index (χ3n) is 3.52. The zero-order chi connectivity index (χ0) is 18.4. The van der Waals surface area contributed by atoms with Gasteiger partial charge >= 0.3 is 11.8 Å². The number of nitrogens with one attached hydrogen (secondary N) is 1. The maximum absolute atomic E-state index is 12.2. The predicted molar refractivity (Wildman–Crippen MR) is 97.9 cm³/mol. The van der Waals surface area contributed by atoms with Crippen LogP contribution < -0.4 is 5.32 Å². The molecule has 6 nitrogen and oxygen atoms in total. The number of aryl methyl sites for hydroxylation is 1. The van der Waals surface area contributed by atoms with Gasteiger partial charge in [-0.1, -0.05) is 12.2 Å². The first-order valence-corrected chi connectivity index (χ1v) is 8.05. The minimum absolute atomic E-state index is 0.367. The van der Waals surface area contributed by atoms with E-state index in [0.29, 0.717) is 24.6 Å². The van der Waals surface area contributed by atoms with Gasteiger partial charge in [-0.25, -0.2) is 9.97 Å². The van der Waals surface area contributed by atoms with E-state index < -0.39 is 11.8 Å². The molecular weight excluding hydrogens is 316 g/mol. The number of benzene rings is 1. The van der Waals surface area contributed by atoms with Gasteiger partial charge in [-0.05, 0) is 51.1 Å². The van der Waals surface area contributed by atoms with Crippen molar-refractivity contribution in [2.45, 2.75) is 20.8 Å². The van der Waals surface area contributed by atoms with Gasteiger partial charge in [0, 0.05) is 36.2 Å². The summed E-state index contributed by atoms with van der Waals surface area (Å²) < 4.78 is 0. The molecule has 25 heavy (non-hydrogen) atoms. The van der Waals surface area contributed by atoms with Crippen molar-refractivity contribution in [3.8, 4) is 11.4 Å². The standard InChI is InChI=1S/C19H22N4O2/c1-5-23(12-13(2)3)19(25)18(24)22-16-8-6-15(7-9-16)17-20-11-10-14(4)21-17/h6-11H,2,5,12H2,1,3-4H3,(H,22,24).